The van der Waals surface area contributed by atoms with Gasteiger partial charge in [0.1, 0.15) is 0 Å². The summed E-state index contributed by atoms with van der Waals surface area (Å²) in [5, 5.41) is 1.08. The number of aromatic nitrogens is 2. The summed E-state index contributed by atoms with van der Waals surface area (Å²) < 4.78 is 1.46. The molecule has 0 aliphatic rings. The van der Waals surface area contributed by atoms with Gasteiger partial charge in [0.25, 0.3) is 5.56 Å². The number of nitrogens with zero attached hydrogens (tertiary/aromatic N) is 2. The molecule has 0 unspecified atom stereocenters. The molecular formula is C18H16N2O2S. The zero-order valence-electron chi connectivity index (χ0n) is 12.9. The van der Waals surface area contributed by atoms with Crippen molar-refractivity contribution >= 4 is 28.4 Å². The van der Waals surface area contributed by atoms with Crippen molar-refractivity contribution in [2.75, 3.05) is 6.26 Å². The lowest BCUT2D eigenvalue weighted by atomic mass is 10.1. The van der Waals surface area contributed by atoms with E-state index in [1.807, 2.05) is 43.5 Å². The Labute approximate surface area is 138 Å². The monoisotopic (exact) mass is 324 g/mol. The van der Waals surface area contributed by atoms with Gasteiger partial charge < -0.3 is 0 Å². The predicted octanol–water partition coefficient (Wildman–Crippen LogP) is 3.31. The van der Waals surface area contributed by atoms with Crippen molar-refractivity contribution < 1.29 is 4.79 Å². The van der Waals surface area contributed by atoms with E-state index in [9.17, 15) is 9.59 Å². The highest BCUT2D eigenvalue weighted by Gasteiger charge is 2.15. The topological polar surface area (TPSA) is 52.0 Å². The number of para-hydroxylation sites is 1. The Hall–Kier alpha value is -2.40. The minimum Gasteiger partial charge on any atom is -0.292 e. The third-order valence-corrected chi connectivity index (χ3v) is 4.43. The fourth-order valence-corrected chi connectivity index (χ4v) is 3.11. The predicted molar refractivity (Wildman–Crippen MR) is 93.3 cm³/mol. The van der Waals surface area contributed by atoms with E-state index in [-0.39, 0.29) is 17.9 Å². The van der Waals surface area contributed by atoms with Crippen LogP contribution in [0, 0.1) is 6.92 Å². The first-order valence-corrected chi connectivity index (χ1v) is 8.46. The first-order chi connectivity index (χ1) is 11.1. The van der Waals surface area contributed by atoms with Crippen molar-refractivity contribution in [2.24, 2.45) is 0 Å². The maximum atomic E-state index is 12.7. The summed E-state index contributed by atoms with van der Waals surface area (Å²) in [4.78, 5) is 29.8. The van der Waals surface area contributed by atoms with Crippen molar-refractivity contribution in [2.45, 2.75) is 18.6 Å². The minimum atomic E-state index is -0.179. The zero-order valence-corrected chi connectivity index (χ0v) is 13.8. The number of benzene rings is 2. The molecule has 0 spiro atoms. The molecule has 0 radical (unpaired) electrons. The molecule has 23 heavy (non-hydrogen) atoms. The van der Waals surface area contributed by atoms with Gasteiger partial charge >= 0.3 is 0 Å². The van der Waals surface area contributed by atoms with Crippen LogP contribution in [0.4, 0.5) is 0 Å². The second-order valence-electron chi connectivity index (χ2n) is 5.25. The average Bonchev–Trinajstić information content (AvgIpc) is 2.57. The number of rotatable bonds is 4. The molecular weight excluding hydrogens is 308 g/mol. The Morgan fingerprint density at radius 2 is 1.83 bits per heavy atom. The highest BCUT2D eigenvalue weighted by molar-refractivity contribution is 7.98. The van der Waals surface area contributed by atoms with Gasteiger partial charge in [-0.25, -0.2) is 4.98 Å². The maximum absolute atomic E-state index is 12.7. The van der Waals surface area contributed by atoms with Crippen LogP contribution in [-0.4, -0.2) is 21.6 Å². The summed E-state index contributed by atoms with van der Waals surface area (Å²) >= 11 is 1.37. The Kier molecular flexibility index (Phi) is 4.30. The fraction of sp³-hybridized carbons (Fsp3) is 0.167. The summed E-state index contributed by atoms with van der Waals surface area (Å²) in [6, 6.07) is 14.6. The van der Waals surface area contributed by atoms with Crippen LogP contribution in [0.15, 0.2) is 58.5 Å². The Morgan fingerprint density at radius 1 is 1.13 bits per heavy atom. The van der Waals surface area contributed by atoms with Gasteiger partial charge in [-0.3, -0.25) is 14.2 Å². The van der Waals surface area contributed by atoms with Crippen LogP contribution in [-0.2, 0) is 6.54 Å². The first kappa shape index (κ1) is 15.5. The molecule has 0 saturated heterocycles. The summed E-state index contributed by atoms with van der Waals surface area (Å²) in [6.45, 7) is 1.89. The summed E-state index contributed by atoms with van der Waals surface area (Å²) in [5.74, 6) is -0.0856. The molecule has 0 fully saturated rings. The smallest absolute Gasteiger partial charge is 0.262 e. The van der Waals surface area contributed by atoms with E-state index in [0.29, 0.717) is 21.6 Å². The first-order valence-electron chi connectivity index (χ1n) is 7.24. The molecule has 3 rings (SSSR count). The number of ketones is 1. The van der Waals surface area contributed by atoms with Crippen molar-refractivity contribution in [1.82, 2.24) is 9.55 Å². The van der Waals surface area contributed by atoms with Crippen LogP contribution in [0.2, 0.25) is 0 Å². The van der Waals surface area contributed by atoms with Gasteiger partial charge in [-0.1, -0.05) is 48.2 Å². The van der Waals surface area contributed by atoms with Crippen LogP contribution in [0.5, 0.6) is 0 Å². The Bertz CT molecular complexity index is 947. The molecule has 0 bridgehead atoms. The molecule has 0 atom stereocenters. The maximum Gasteiger partial charge on any atom is 0.262 e. The van der Waals surface area contributed by atoms with Crippen LogP contribution in [0.3, 0.4) is 0 Å². The lowest BCUT2D eigenvalue weighted by Gasteiger charge is -2.12. The standard InChI is InChI=1S/C18H16N2O2S/c1-12-7-3-4-8-13(12)16(21)11-20-17(22)14-9-5-6-10-15(14)19-18(20)23-2/h3-10H,11H2,1-2H3. The van der Waals surface area contributed by atoms with E-state index in [4.69, 9.17) is 0 Å². The quantitative estimate of drug-likeness (QED) is 0.420. The number of Topliss-reactive ketones (excluding diaryl/α,β-unsaturated/α-hetero) is 1. The third kappa shape index (κ3) is 2.92. The van der Waals surface area contributed by atoms with Crippen LogP contribution < -0.4 is 5.56 Å². The molecule has 0 saturated carbocycles. The summed E-state index contributed by atoms with van der Waals surface area (Å²) in [5.41, 5.74) is 2.02. The van der Waals surface area contributed by atoms with Gasteiger partial charge in [0.15, 0.2) is 10.9 Å². The highest BCUT2D eigenvalue weighted by atomic mass is 32.2. The average molecular weight is 324 g/mol. The summed E-state index contributed by atoms with van der Waals surface area (Å²) in [7, 11) is 0. The number of fused-ring (bicyclic) bond motifs is 1. The van der Waals surface area contributed by atoms with Crippen LogP contribution >= 0.6 is 11.8 Å². The molecule has 5 heteroatoms. The normalized spacial score (nSPS) is 10.9. The van der Waals surface area contributed by atoms with E-state index in [0.717, 1.165) is 5.56 Å². The molecule has 1 heterocycles. The second-order valence-corrected chi connectivity index (χ2v) is 6.02. The lowest BCUT2D eigenvalue weighted by molar-refractivity contribution is 0.0966. The Balaban J connectivity index is 2.09. The zero-order chi connectivity index (χ0) is 16.4. The third-order valence-electron chi connectivity index (χ3n) is 3.76. The van der Waals surface area contributed by atoms with Gasteiger partial charge in [0.2, 0.25) is 0 Å². The van der Waals surface area contributed by atoms with Crippen molar-refractivity contribution in [3.8, 4) is 0 Å². The number of carbonyl (C=O) groups is 1. The van der Waals surface area contributed by atoms with Gasteiger partial charge in [0, 0.05) is 5.56 Å². The van der Waals surface area contributed by atoms with Gasteiger partial charge in [-0.05, 0) is 30.9 Å². The van der Waals surface area contributed by atoms with E-state index >= 15 is 0 Å². The van der Waals surface area contributed by atoms with E-state index in [2.05, 4.69) is 4.98 Å². The number of aryl methyl sites for hydroxylation is 1. The van der Waals surface area contributed by atoms with Crippen molar-refractivity contribution in [1.29, 1.82) is 0 Å². The minimum absolute atomic E-state index is 0.00229. The highest BCUT2D eigenvalue weighted by Crippen LogP contribution is 2.16. The lowest BCUT2D eigenvalue weighted by Crippen LogP contribution is -2.27. The number of hydrogen-bond acceptors (Lipinski definition) is 4. The number of hydrogen-bond donors (Lipinski definition) is 0. The van der Waals surface area contributed by atoms with Crippen LogP contribution in [0.25, 0.3) is 10.9 Å². The summed E-state index contributed by atoms with van der Waals surface area (Å²) in [6.07, 6.45) is 1.85. The van der Waals surface area contributed by atoms with Crippen molar-refractivity contribution in [3.05, 3.63) is 70.0 Å². The molecule has 0 aliphatic heterocycles. The van der Waals surface area contributed by atoms with Crippen LogP contribution in [0.1, 0.15) is 15.9 Å². The Morgan fingerprint density at radius 3 is 2.57 bits per heavy atom. The molecule has 4 nitrogen and oxygen atoms in total. The van der Waals surface area contributed by atoms with E-state index in [1.54, 1.807) is 18.2 Å². The molecule has 2 aromatic carbocycles. The van der Waals surface area contributed by atoms with Gasteiger partial charge in [-0.2, -0.15) is 0 Å². The SMILES string of the molecule is CSc1nc2ccccc2c(=O)n1CC(=O)c1ccccc1C. The van der Waals surface area contributed by atoms with E-state index in [1.165, 1.54) is 16.3 Å². The molecule has 0 aliphatic carbocycles. The molecule has 0 amide bonds. The second kappa shape index (κ2) is 6.38. The van der Waals surface area contributed by atoms with Gasteiger partial charge in [-0.15, -0.1) is 0 Å². The van der Waals surface area contributed by atoms with E-state index < -0.39 is 0 Å². The van der Waals surface area contributed by atoms with Crippen molar-refractivity contribution in [3.63, 3.8) is 0 Å². The number of carbonyl (C=O) groups excluding carboxylic acids is 1. The molecule has 1 aromatic heterocycles. The number of thioether (sulfide) groups is 1. The largest absolute Gasteiger partial charge is 0.292 e. The van der Waals surface area contributed by atoms with Gasteiger partial charge in [0.05, 0.1) is 17.4 Å². The molecule has 0 N–H and O–H groups in total. The molecule has 3 aromatic rings. The molecule has 116 valence electrons. The fourth-order valence-electron chi connectivity index (χ4n) is 2.56.